The number of likely N-dealkylation sites (tertiary alicyclic amines) is 1. The largest absolute Gasteiger partial charge is 0.480 e. The van der Waals surface area contributed by atoms with Crippen LogP contribution in [0, 0.1) is 0 Å². The zero-order valence-corrected chi connectivity index (χ0v) is 9.75. The maximum absolute atomic E-state index is 10.7. The number of rotatable bonds is 3. The molecule has 4 nitrogen and oxygen atoms in total. The highest BCUT2D eigenvalue weighted by atomic mass is 16.4. The number of carboxylic acids is 1. The van der Waals surface area contributed by atoms with E-state index in [0.29, 0.717) is 12.5 Å². The van der Waals surface area contributed by atoms with Crippen molar-refractivity contribution in [1.29, 1.82) is 0 Å². The van der Waals surface area contributed by atoms with Gasteiger partial charge in [-0.3, -0.25) is 9.69 Å². The van der Waals surface area contributed by atoms with Gasteiger partial charge in [0.2, 0.25) is 0 Å². The molecule has 0 bridgehead atoms. The first-order valence-corrected chi connectivity index (χ1v) is 5.90. The van der Waals surface area contributed by atoms with Gasteiger partial charge in [-0.15, -0.1) is 0 Å². The van der Waals surface area contributed by atoms with E-state index in [1.165, 1.54) is 5.56 Å². The van der Waals surface area contributed by atoms with E-state index in [9.17, 15) is 4.79 Å². The molecule has 0 amide bonds. The molecule has 1 saturated heterocycles. The van der Waals surface area contributed by atoms with E-state index in [2.05, 4.69) is 12.1 Å². The third-order valence-electron chi connectivity index (χ3n) is 3.19. The maximum Gasteiger partial charge on any atom is 0.317 e. The summed E-state index contributed by atoms with van der Waals surface area (Å²) < 4.78 is 0. The van der Waals surface area contributed by atoms with Crippen LogP contribution in [0.3, 0.4) is 0 Å². The van der Waals surface area contributed by atoms with Crippen LogP contribution in [-0.4, -0.2) is 41.7 Å². The molecule has 2 unspecified atom stereocenters. The summed E-state index contributed by atoms with van der Waals surface area (Å²) in [7, 11) is 0. The van der Waals surface area contributed by atoms with Gasteiger partial charge in [0, 0.05) is 19.1 Å². The van der Waals surface area contributed by atoms with Crippen LogP contribution >= 0.6 is 0 Å². The van der Waals surface area contributed by atoms with Gasteiger partial charge in [-0.25, -0.2) is 0 Å². The van der Waals surface area contributed by atoms with Crippen LogP contribution in [0.4, 0.5) is 0 Å². The number of nitrogens with zero attached hydrogens (tertiary/aromatic N) is 1. The average Bonchev–Trinajstić information content (AvgIpc) is 2.28. The second kappa shape index (κ2) is 5.29. The smallest absolute Gasteiger partial charge is 0.317 e. The summed E-state index contributed by atoms with van der Waals surface area (Å²) in [6.45, 7) is 1.54. The zero-order valence-electron chi connectivity index (χ0n) is 9.75. The Balaban J connectivity index is 2.06. The average molecular weight is 234 g/mol. The third kappa shape index (κ3) is 3.28. The van der Waals surface area contributed by atoms with Gasteiger partial charge in [-0.1, -0.05) is 30.3 Å². The highest BCUT2D eigenvalue weighted by Gasteiger charge is 2.26. The number of benzene rings is 1. The summed E-state index contributed by atoms with van der Waals surface area (Å²) >= 11 is 0. The van der Waals surface area contributed by atoms with Crippen molar-refractivity contribution in [2.24, 2.45) is 5.73 Å². The first-order valence-electron chi connectivity index (χ1n) is 5.90. The van der Waals surface area contributed by atoms with Crippen LogP contribution in [0.5, 0.6) is 0 Å². The summed E-state index contributed by atoms with van der Waals surface area (Å²) in [5.41, 5.74) is 7.24. The third-order valence-corrected chi connectivity index (χ3v) is 3.19. The number of nitrogens with two attached hydrogens (primary N) is 1. The highest BCUT2D eigenvalue weighted by molar-refractivity contribution is 5.69. The van der Waals surface area contributed by atoms with Crippen LogP contribution in [0.25, 0.3) is 0 Å². The second-order valence-corrected chi connectivity index (χ2v) is 4.69. The Bertz CT molecular complexity index is 380. The van der Waals surface area contributed by atoms with E-state index >= 15 is 0 Å². The number of carboxylic acid groups (broad SMARTS) is 1. The van der Waals surface area contributed by atoms with Crippen molar-refractivity contribution < 1.29 is 9.90 Å². The van der Waals surface area contributed by atoms with Gasteiger partial charge < -0.3 is 10.8 Å². The molecule has 1 fully saturated rings. The zero-order chi connectivity index (χ0) is 12.3. The topological polar surface area (TPSA) is 66.6 Å². The number of piperidine rings is 1. The molecule has 1 heterocycles. The Kier molecular flexibility index (Phi) is 3.76. The van der Waals surface area contributed by atoms with Crippen LogP contribution in [0.1, 0.15) is 17.9 Å². The Hall–Kier alpha value is -1.39. The minimum Gasteiger partial charge on any atom is -0.480 e. The lowest BCUT2D eigenvalue weighted by molar-refractivity contribution is -0.138. The van der Waals surface area contributed by atoms with Crippen molar-refractivity contribution in [3.05, 3.63) is 35.9 Å². The van der Waals surface area contributed by atoms with E-state index < -0.39 is 5.97 Å². The standard InChI is InChI=1S/C13H18N2O2/c14-12-6-11(10-4-2-1-3-5-10)7-15(8-12)9-13(16)17/h1-5,11-12H,6-9,14H2,(H,16,17). The molecular formula is C13H18N2O2. The molecule has 1 aromatic rings. The Labute approximate surface area is 101 Å². The van der Waals surface area contributed by atoms with E-state index in [4.69, 9.17) is 10.8 Å². The van der Waals surface area contributed by atoms with Crippen molar-refractivity contribution >= 4 is 5.97 Å². The fourth-order valence-corrected chi connectivity index (χ4v) is 2.52. The van der Waals surface area contributed by atoms with Gasteiger partial charge in [-0.05, 0) is 17.9 Å². The van der Waals surface area contributed by atoms with E-state index in [-0.39, 0.29) is 12.6 Å². The molecular weight excluding hydrogens is 216 g/mol. The molecule has 0 aromatic heterocycles. The fourth-order valence-electron chi connectivity index (χ4n) is 2.52. The molecule has 92 valence electrons. The van der Waals surface area contributed by atoms with Gasteiger partial charge >= 0.3 is 5.97 Å². The Morgan fingerprint density at radius 3 is 2.71 bits per heavy atom. The molecule has 2 rings (SSSR count). The predicted molar refractivity (Wildman–Crippen MR) is 65.9 cm³/mol. The monoisotopic (exact) mass is 234 g/mol. The van der Waals surface area contributed by atoms with Gasteiger partial charge in [0.15, 0.2) is 0 Å². The molecule has 0 spiro atoms. The molecule has 4 heteroatoms. The number of carbonyl (C=O) groups is 1. The molecule has 0 saturated carbocycles. The van der Waals surface area contributed by atoms with Crippen molar-refractivity contribution in [2.45, 2.75) is 18.4 Å². The second-order valence-electron chi connectivity index (χ2n) is 4.69. The quantitative estimate of drug-likeness (QED) is 0.815. The van der Waals surface area contributed by atoms with Crippen molar-refractivity contribution in [1.82, 2.24) is 4.90 Å². The molecule has 2 atom stereocenters. The predicted octanol–water partition coefficient (Wildman–Crippen LogP) is 0.888. The summed E-state index contributed by atoms with van der Waals surface area (Å²) in [6.07, 6.45) is 0.931. The normalized spacial score (nSPS) is 25.7. The lowest BCUT2D eigenvalue weighted by Crippen LogP contribution is -2.47. The first-order chi connectivity index (χ1) is 8.15. The molecule has 1 aliphatic heterocycles. The highest BCUT2D eigenvalue weighted by Crippen LogP contribution is 2.25. The Morgan fingerprint density at radius 1 is 1.35 bits per heavy atom. The molecule has 1 aromatic carbocycles. The minimum atomic E-state index is -0.786. The van der Waals surface area contributed by atoms with Crippen LogP contribution in [0.2, 0.25) is 0 Å². The minimum absolute atomic E-state index is 0.0632. The molecule has 1 aliphatic rings. The fraction of sp³-hybridized carbons (Fsp3) is 0.462. The van der Waals surface area contributed by atoms with Crippen LogP contribution in [0.15, 0.2) is 30.3 Å². The molecule has 0 radical (unpaired) electrons. The van der Waals surface area contributed by atoms with Crippen molar-refractivity contribution in [3.63, 3.8) is 0 Å². The number of hydrogen-bond donors (Lipinski definition) is 2. The number of aliphatic carboxylic acids is 1. The van der Waals surface area contributed by atoms with Gasteiger partial charge in [-0.2, -0.15) is 0 Å². The SMILES string of the molecule is NC1CC(c2ccccc2)CN(CC(=O)O)C1. The van der Waals surface area contributed by atoms with Crippen molar-refractivity contribution in [3.8, 4) is 0 Å². The molecule has 3 N–H and O–H groups in total. The molecule has 17 heavy (non-hydrogen) atoms. The van der Waals surface area contributed by atoms with Gasteiger partial charge in [0.1, 0.15) is 0 Å². The van der Waals surface area contributed by atoms with E-state index in [1.807, 2.05) is 23.1 Å². The Morgan fingerprint density at radius 2 is 2.06 bits per heavy atom. The van der Waals surface area contributed by atoms with Crippen LogP contribution < -0.4 is 5.73 Å². The summed E-state index contributed by atoms with van der Waals surface area (Å²) in [5, 5.41) is 8.83. The van der Waals surface area contributed by atoms with E-state index in [0.717, 1.165) is 13.0 Å². The lowest BCUT2D eigenvalue weighted by Gasteiger charge is -2.35. The van der Waals surface area contributed by atoms with Gasteiger partial charge in [0.25, 0.3) is 0 Å². The van der Waals surface area contributed by atoms with E-state index in [1.54, 1.807) is 0 Å². The first kappa shape index (κ1) is 12.1. The molecule has 0 aliphatic carbocycles. The maximum atomic E-state index is 10.7. The lowest BCUT2D eigenvalue weighted by atomic mass is 9.88. The van der Waals surface area contributed by atoms with Crippen LogP contribution in [-0.2, 0) is 4.79 Å². The summed E-state index contributed by atoms with van der Waals surface area (Å²) in [4.78, 5) is 12.7. The number of hydrogen-bond acceptors (Lipinski definition) is 3. The van der Waals surface area contributed by atoms with Crippen molar-refractivity contribution in [2.75, 3.05) is 19.6 Å². The summed E-state index contributed by atoms with van der Waals surface area (Å²) in [6, 6.07) is 10.2. The van der Waals surface area contributed by atoms with Gasteiger partial charge in [0.05, 0.1) is 6.54 Å². The summed E-state index contributed by atoms with van der Waals surface area (Å²) in [5.74, 6) is -0.440.